The highest BCUT2D eigenvalue weighted by Crippen LogP contribution is 2.32. The van der Waals surface area contributed by atoms with E-state index in [9.17, 15) is 4.79 Å². The van der Waals surface area contributed by atoms with Crippen LogP contribution >= 0.6 is 11.6 Å². The van der Waals surface area contributed by atoms with E-state index in [0.717, 1.165) is 16.8 Å². The Bertz CT molecular complexity index is 1020. The molecule has 0 spiro atoms. The summed E-state index contributed by atoms with van der Waals surface area (Å²) < 4.78 is 10.6. The van der Waals surface area contributed by atoms with Crippen molar-refractivity contribution in [1.82, 2.24) is 15.3 Å². The van der Waals surface area contributed by atoms with Crippen molar-refractivity contribution in [1.29, 1.82) is 0 Å². The molecule has 1 amide bonds. The van der Waals surface area contributed by atoms with E-state index < -0.39 is 0 Å². The molecule has 0 aliphatic carbocycles. The van der Waals surface area contributed by atoms with Gasteiger partial charge in [-0.1, -0.05) is 17.7 Å². The van der Waals surface area contributed by atoms with Crippen molar-refractivity contribution in [2.24, 2.45) is 0 Å². The fourth-order valence-electron chi connectivity index (χ4n) is 2.73. The molecule has 142 valence electrons. The number of aryl methyl sites for hydroxylation is 1. The molecule has 1 aromatic heterocycles. The minimum Gasteiger partial charge on any atom is -0.454 e. The number of anilines is 2. The predicted octanol–water partition coefficient (Wildman–Crippen LogP) is 3.84. The third kappa shape index (κ3) is 3.99. The number of hydrogen-bond acceptors (Lipinski definition) is 6. The molecule has 8 heteroatoms. The lowest BCUT2D eigenvalue weighted by molar-refractivity contribution is 0.0950. The average Bonchev–Trinajstić information content (AvgIpc) is 3.17. The van der Waals surface area contributed by atoms with Gasteiger partial charge in [-0.25, -0.2) is 9.97 Å². The number of aromatic nitrogens is 2. The van der Waals surface area contributed by atoms with E-state index in [1.165, 1.54) is 12.4 Å². The third-order valence-electron chi connectivity index (χ3n) is 4.24. The minimum atomic E-state index is -0.258. The molecule has 0 unspecified atom stereocenters. The number of hydrogen-bond donors (Lipinski definition) is 2. The number of nitrogens with one attached hydrogen (secondary N) is 2. The summed E-state index contributed by atoms with van der Waals surface area (Å²) in [5, 5.41) is 6.61. The lowest BCUT2D eigenvalue weighted by atomic mass is 10.2. The van der Waals surface area contributed by atoms with Crippen LogP contribution in [-0.4, -0.2) is 22.7 Å². The molecule has 0 atom stereocenters. The van der Waals surface area contributed by atoms with Gasteiger partial charge in [0.2, 0.25) is 12.7 Å². The molecule has 2 aromatic carbocycles. The summed E-state index contributed by atoms with van der Waals surface area (Å²) in [6, 6.07) is 11.0. The smallest absolute Gasteiger partial charge is 0.254 e. The van der Waals surface area contributed by atoms with Gasteiger partial charge >= 0.3 is 0 Å². The Kier molecular flexibility index (Phi) is 4.99. The first kappa shape index (κ1) is 18.1. The highest BCUT2D eigenvalue weighted by molar-refractivity contribution is 6.30. The molecule has 2 N–H and O–H groups in total. The lowest BCUT2D eigenvalue weighted by Crippen LogP contribution is -2.23. The molecule has 7 nitrogen and oxygen atoms in total. The third-order valence-corrected chi connectivity index (χ3v) is 4.47. The standard InChI is InChI=1S/C20H17ClN4O3/c1-12-6-15(21)3-4-16(12)25-20-23-9-14(10-24-20)19(26)22-8-13-2-5-17-18(7-13)28-11-27-17/h2-7,9-10H,8,11H2,1H3,(H,22,26)(H,23,24,25). The molecule has 0 saturated carbocycles. The largest absolute Gasteiger partial charge is 0.454 e. The van der Waals surface area contributed by atoms with Crippen LogP contribution in [0.3, 0.4) is 0 Å². The van der Waals surface area contributed by atoms with Crippen LogP contribution in [0.25, 0.3) is 0 Å². The molecule has 1 aliphatic heterocycles. The van der Waals surface area contributed by atoms with Gasteiger partial charge in [0, 0.05) is 29.6 Å². The Balaban J connectivity index is 1.37. The van der Waals surface area contributed by atoms with Gasteiger partial charge in [0.05, 0.1) is 5.56 Å². The highest BCUT2D eigenvalue weighted by Gasteiger charge is 2.14. The number of rotatable bonds is 5. The number of benzene rings is 2. The number of carbonyl (C=O) groups is 1. The zero-order valence-corrected chi connectivity index (χ0v) is 15.8. The van der Waals surface area contributed by atoms with E-state index in [1.807, 2.05) is 37.3 Å². The van der Waals surface area contributed by atoms with Crippen LogP contribution in [-0.2, 0) is 6.54 Å². The second-order valence-corrected chi connectivity index (χ2v) is 6.69. The maximum Gasteiger partial charge on any atom is 0.254 e. The van der Waals surface area contributed by atoms with Crippen molar-refractivity contribution >= 4 is 29.1 Å². The van der Waals surface area contributed by atoms with Crippen molar-refractivity contribution in [3.05, 3.63) is 70.5 Å². The van der Waals surface area contributed by atoms with Crippen LogP contribution in [0.2, 0.25) is 5.02 Å². The summed E-state index contributed by atoms with van der Waals surface area (Å²) in [6.07, 6.45) is 2.96. The topological polar surface area (TPSA) is 85.4 Å². The van der Waals surface area contributed by atoms with Crippen molar-refractivity contribution in [3.8, 4) is 11.5 Å². The predicted molar refractivity (Wildman–Crippen MR) is 105 cm³/mol. The number of amides is 1. The molecule has 3 aromatic rings. The summed E-state index contributed by atoms with van der Waals surface area (Å²) in [5.41, 5.74) is 3.11. The summed E-state index contributed by atoms with van der Waals surface area (Å²) >= 11 is 5.96. The van der Waals surface area contributed by atoms with Gasteiger partial charge in [-0.05, 0) is 48.4 Å². The Morgan fingerprint density at radius 2 is 1.89 bits per heavy atom. The molecular weight excluding hydrogens is 380 g/mol. The SMILES string of the molecule is Cc1cc(Cl)ccc1Nc1ncc(C(=O)NCc2ccc3c(c2)OCO3)cn1. The fraction of sp³-hybridized carbons (Fsp3) is 0.150. The Labute approximate surface area is 166 Å². The van der Waals surface area contributed by atoms with E-state index in [0.29, 0.717) is 34.6 Å². The molecule has 0 bridgehead atoms. The first-order chi connectivity index (χ1) is 13.6. The molecule has 2 heterocycles. The van der Waals surface area contributed by atoms with Crippen LogP contribution in [0.15, 0.2) is 48.8 Å². The van der Waals surface area contributed by atoms with Crippen LogP contribution < -0.4 is 20.1 Å². The molecule has 0 radical (unpaired) electrons. The van der Waals surface area contributed by atoms with Crippen LogP contribution in [0.5, 0.6) is 11.5 Å². The van der Waals surface area contributed by atoms with Gasteiger partial charge in [-0.15, -0.1) is 0 Å². The molecule has 0 fully saturated rings. The van der Waals surface area contributed by atoms with Crippen molar-refractivity contribution in [3.63, 3.8) is 0 Å². The zero-order valence-electron chi connectivity index (χ0n) is 15.0. The fourth-order valence-corrected chi connectivity index (χ4v) is 2.96. The molecule has 0 saturated heterocycles. The minimum absolute atomic E-state index is 0.221. The highest BCUT2D eigenvalue weighted by atomic mass is 35.5. The Morgan fingerprint density at radius 3 is 2.68 bits per heavy atom. The summed E-state index contributed by atoms with van der Waals surface area (Å²) in [6.45, 7) is 2.52. The van der Waals surface area contributed by atoms with E-state index in [4.69, 9.17) is 21.1 Å². The van der Waals surface area contributed by atoms with E-state index in [1.54, 1.807) is 6.07 Å². The number of ether oxygens (including phenoxy) is 2. The van der Waals surface area contributed by atoms with Crippen LogP contribution in [0.4, 0.5) is 11.6 Å². The van der Waals surface area contributed by atoms with Gasteiger partial charge in [0.15, 0.2) is 11.5 Å². The van der Waals surface area contributed by atoms with Crippen LogP contribution in [0, 0.1) is 6.92 Å². The maximum atomic E-state index is 12.3. The van der Waals surface area contributed by atoms with E-state index in [2.05, 4.69) is 20.6 Å². The summed E-state index contributed by atoms with van der Waals surface area (Å²) in [7, 11) is 0. The first-order valence-corrected chi connectivity index (χ1v) is 8.98. The van der Waals surface area contributed by atoms with Crippen molar-refractivity contribution < 1.29 is 14.3 Å². The molecular formula is C20H17ClN4O3. The zero-order chi connectivity index (χ0) is 19.5. The van der Waals surface area contributed by atoms with Gasteiger partial charge in [-0.3, -0.25) is 4.79 Å². The lowest BCUT2D eigenvalue weighted by Gasteiger charge is -2.09. The van der Waals surface area contributed by atoms with Crippen molar-refractivity contribution in [2.45, 2.75) is 13.5 Å². The average molecular weight is 397 g/mol. The number of nitrogens with zero attached hydrogens (tertiary/aromatic N) is 2. The maximum absolute atomic E-state index is 12.3. The number of halogens is 1. The Morgan fingerprint density at radius 1 is 1.11 bits per heavy atom. The van der Waals surface area contributed by atoms with Gasteiger partial charge < -0.3 is 20.1 Å². The van der Waals surface area contributed by atoms with Crippen LogP contribution in [0.1, 0.15) is 21.5 Å². The quantitative estimate of drug-likeness (QED) is 0.681. The van der Waals surface area contributed by atoms with E-state index in [-0.39, 0.29) is 12.7 Å². The normalized spacial score (nSPS) is 11.9. The Hall–Kier alpha value is -3.32. The second-order valence-electron chi connectivity index (χ2n) is 6.25. The molecule has 1 aliphatic rings. The van der Waals surface area contributed by atoms with Gasteiger partial charge in [0.1, 0.15) is 0 Å². The van der Waals surface area contributed by atoms with E-state index >= 15 is 0 Å². The molecule has 28 heavy (non-hydrogen) atoms. The molecule has 4 rings (SSSR count). The number of fused-ring (bicyclic) bond motifs is 1. The first-order valence-electron chi connectivity index (χ1n) is 8.60. The monoisotopic (exact) mass is 396 g/mol. The summed E-state index contributed by atoms with van der Waals surface area (Å²) in [4.78, 5) is 20.7. The number of carbonyl (C=O) groups excluding carboxylic acids is 1. The summed E-state index contributed by atoms with van der Waals surface area (Å²) in [5.74, 6) is 1.54. The second kappa shape index (κ2) is 7.74. The van der Waals surface area contributed by atoms with Gasteiger partial charge in [-0.2, -0.15) is 0 Å². The van der Waals surface area contributed by atoms with Crippen molar-refractivity contribution in [2.75, 3.05) is 12.1 Å². The van der Waals surface area contributed by atoms with Gasteiger partial charge in [0.25, 0.3) is 5.91 Å².